The normalized spacial score (nSPS) is 17.6. The highest BCUT2D eigenvalue weighted by Gasteiger charge is 2.23. The van der Waals surface area contributed by atoms with E-state index in [9.17, 15) is 4.79 Å². The number of nitrogens with one attached hydrogen (secondary N) is 1. The second-order valence-corrected chi connectivity index (χ2v) is 6.49. The maximum Gasteiger partial charge on any atom is 0.220 e. The molecule has 2 heterocycles. The van der Waals surface area contributed by atoms with Crippen molar-refractivity contribution in [2.24, 2.45) is 0 Å². The average Bonchev–Trinajstić information content (AvgIpc) is 3.03. The summed E-state index contributed by atoms with van der Waals surface area (Å²) in [4.78, 5) is 15.6. The Kier molecular flexibility index (Phi) is 7.50. The SMILES string of the molecule is O=C(CCCCCl)NCC(c1cccs1)N1CCOCC1. The number of hydrogen-bond donors (Lipinski definition) is 1. The Hall–Kier alpha value is -0.620. The first-order chi connectivity index (χ1) is 10.3. The molecule has 118 valence electrons. The maximum absolute atomic E-state index is 11.9. The molecular weight excluding hydrogens is 308 g/mol. The minimum Gasteiger partial charge on any atom is -0.379 e. The lowest BCUT2D eigenvalue weighted by atomic mass is 10.1. The number of halogens is 1. The Morgan fingerprint density at radius 3 is 2.90 bits per heavy atom. The van der Waals surface area contributed by atoms with Crippen molar-refractivity contribution in [2.75, 3.05) is 38.7 Å². The number of nitrogens with zero attached hydrogens (tertiary/aromatic N) is 1. The van der Waals surface area contributed by atoms with Crippen LogP contribution in [-0.2, 0) is 9.53 Å². The number of hydrogen-bond acceptors (Lipinski definition) is 4. The van der Waals surface area contributed by atoms with Gasteiger partial charge in [-0.2, -0.15) is 0 Å². The van der Waals surface area contributed by atoms with E-state index in [1.165, 1.54) is 4.88 Å². The summed E-state index contributed by atoms with van der Waals surface area (Å²) < 4.78 is 5.42. The van der Waals surface area contributed by atoms with Crippen LogP contribution in [0, 0.1) is 0 Å². The van der Waals surface area contributed by atoms with Gasteiger partial charge in [0.1, 0.15) is 0 Å². The Bertz CT molecular complexity index is 408. The molecule has 1 aromatic rings. The number of amides is 1. The standard InChI is InChI=1S/C15H23ClN2O2S/c16-6-2-1-5-15(19)17-12-13(14-4-3-11-21-14)18-7-9-20-10-8-18/h3-4,11,13H,1-2,5-10,12H2,(H,17,19). The van der Waals surface area contributed by atoms with Crippen LogP contribution in [0.5, 0.6) is 0 Å². The third-order valence-electron chi connectivity index (χ3n) is 3.64. The first kappa shape index (κ1) is 16.7. The molecule has 0 radical (unpaired) electrons. The van der Waals surface area contributed by atoms with Crippen LogP contribution in [0.1, 0.15) is 30.2 Å². The van der Waals surface area contributed by atoms with Crippen molar-refractivity contribution >= 4 is 28.8 Å². The van der Waals surface area contributed by atoms with E-state index in [-0.39, 0.29) is 11.9 Å². The zero-order valence-electron chi connectivity index (χ0n) is 12.2. The monoisotopic (exact) mass is 330 g/mol. The van der Waals surface area contributed by atoms with Gasteiger partial charge < -0.3 is 10.1 Å². The van der Waals surface area contributed by atoms with Gasteiger partial charge in [-0.25, -0.2) is 0 Å². The highest BCUT2D eigenvalue weighted by Crippen LogP contribution is 2.25. The molecule has 1 fully saturated rings. The molecule has 1 atom stereocenters. The number of thiophene rings is 1. The zero-order valence-corrected chi connectivity index (χ0v) is 13.8. The molecule has 0 aromatic carbocycles. The molecule has 1 unspecified atom stereocenters. The fraction of sp³-hybridized carbons (Fsp3) is 0.667. The van der Waals surface area contributed by atoms with Crippen LogP contribution in [0.15, 0.2) is 17.5 Å². The molecular formula is C15H23ClN2O2S. The van der Waals surface area contributed by atoms with Crippen molar-refractivity contribution in [3.8, 4) is 0 Å². The Morgan fingerprint density at radius 2 is 2.24 bits per heavy atom. The van der Waals surface area contributed by atoms with E-state index < -0.39 is 0 Å². The van der Waals surface area contributed by atoms with E-state index >= 15 is 0 Å². The van der Waals surface area contributed by atoms with Crippen molar-refractivity contribution in [1.29, 1.82) is 0 Å². The van der Waals surface area contributed by atoms with Crippen molar-refractivity contribution in [3.63, 3.8) is 0 Å². The Balaban J connectivity index is 1.86. The van der Waals surface area contributed by atoms with Crippen LogP contribution < -0.4 is 5.32 Å². The largest absolute Gasteiger partial charge is 0.379 e. The van der Waals surface area contributed by atoms with Gasteiger partial charge in [-0.15, -0.1) is 22.9 Å². The van der Waals surface area contributed by atoms with Gasteiger partial charge in [0.2, 0.25) is 5.91 Å². The molecule has 1 amide bonds. The number of alkyl halides is 1. The molecule has 1 aliphatic heterocycles. The van der Waals surface area contributed by atoms with E-state index in [1.807, 2.05) is 0 Å². The van der Waals surface area contributed by atoms with Crippen LogP contribution in [0.4, 0.5) is 0 Å². The van der Waals surface area contributed by atoms with E-state index in [1.54, 1.807) is 11.3 Å². The molecule has 6 heteroatoms. The molecule has 4 nitrogen and oxygen atoms in total. The highest BCUT2D eigenvalue weighted by molar-refractivity contribution is 7.10. The molecule has 0 bridgehead atoms. The van der Waals surface area contributed by atoms with Gasteiger partial charge in [-0.3, -0.25) is 9.69 Å². The summed E-state index contributed by atoms with van der Waals surface area (Å²) in [6.07, 6.45) is 2.32. The molecule has 1 N–H and O–H groups in total. The van der Waals surface area contributed by atoms with E-state index in [0.717, 1.165) is 39.1 Å². The van der Waals surface area contributed by atoms with Gasteiger partial charge in [0, 0.05) is 36.8 Å². The lowest BCUT2D eigenvalue weighted by Gasteiger charge is -2.34. The van der Waals surface area contributed by atoms with Gasteiger partial charge in [0.25, 0.3) is 0 Å². The van der Waals surface area contributed by atoms with E-state index in [2.05, 4.69) is 27.7 Å². The summed E-state index contributed by atoms with van der Waals surface area (Å²) in [5, 5.41) is 5.16. The molecule has 0 saturated carbocycles. The summed E-state index contributed by atoms with van der Waals surface area (Å²) >= 11 is 7.38. The number of ether oxygens (including phenoxy) is 1. The number of morpholine rings is 1. The molecule has 1 aliphatic rings. The highest BCUT2D eigenvalue weighted by atomic mass is 35.5. The number of carbonyl (C=O) groups excluding carboxylic acids is 1. The number of unbranched alkanes of at least 4 members (excludes halogenated alkanes) is 1. The van der Waals surface area contributed by atoms with E-state index in [0.29, 0.717) is 18.8 Å². The van der Waals surface area contributed by atoms with Crippen LogP contribution in [0.2, 0.25) is 0 Å². The summed E-state index contributed by atoms with van der Waals surface area (Å²) in [5.74, 6) is 0.744. The van der Waals surface area contributed by atoms with Crippen LogP contribution in [0.25, 0.3) is 0 Å². The van der Waals surface area contributed by atoms with Crippen LogP contribution >= 0.6 is 22.9 Å². The fourth-order valence-corrected chi connectivity index (χ4v) is 3.51. The van der Waals surface area contributed by atoms with Crippen molar-refractivity contribution in [2.45, 2.75) is 25.3 Å². The molecule has 0 spiro atoms. The van der Waals surface area contributed by atoms with Crippen molar-refractivity contribution < 1.29 is 9.53 Å². The van der Waals surface area contributed by atoms with Gasteiger partial charge in [0.15, 0.2) is 0 Å². The van der Waals surface area contributed by atoms with Gasteiger partial charge in [-0.1, -0.05) is 6.07 Å². The molecule has 0 aliphatic carbocycles. The van der Waals surface area contributed by atoms with Crippen molar-refractivity contribution in [1.82, 2.24) is 10.2 Å². The summed E-state index contributed by atoms with van der Waals surface area (Å²) in [5.41, 5.74) is 0. The number of carbonyl (C=O) groups is 1. The predicted molar refractivity (Wildman–Crippen MR) is 87.0 cm³/mol. The number of rotatable bonds is 8. The zero-order chi connectivity index (χ0) is 14.9. The predicted octanol–water partition coefficient (Wildman–Crippen LogP) is 2.65. The quantitative estimate of drug-likeness (QED) is 0.588. The van der Waals surface area contributed by atoms with E-state index in [4.69, 9.17) is 16.3 Å². The third kappa shape index (κ3) is 5.58. The molecule has 2 rings (SSSR count). The average molecular weight is 331 g/mol. The lowest BCUT2D eigenvalue weighted by molar-refractivity contribution is -0.121. The summed E-state index contributed by atoms with van der Waals surface area (Å²) in [6, 6.07) is 4.46. The van der Waals surface area contributed by atoms with Crippen molar-refractivity contribution in [3.05, 3.63) is 22.4 Å². The summed E-state index contributed by atoms with van der Waals surface area (Å²) in [7, 11) is 0. The van der Waals surface area contributed by atoms with Gasteiger partial charge in [-0.05, 0) is 24.3 Å². The minimum absolute atomic E-state index is 0.120. The minimum atomic E-state index is 0.120. The lowest BCUT2D eigenvalue weighted by Crippen LogP contribution is -2.43. The summed E-state index contributed by atoms with van der Waals surface area (Å²) in [6.45, 7) is 4.05. The first-order valence-corrected chi connectivity index (χ1v) is 8.90. The van der Waals surface area contributed by atoms with Crippen LogP contribution in [-0.4, -0.2) is 49.5 Å². The smallest absolute Gasteiger partial charge is 0.220 e. The Labute approximate surface area is 135 Å². The molecule has 1 aromatic heterocycles. The first-order valence-electron chi connectivity index (χ1n) is 7.49. The second kappa shape index (κ2) is 9.41. The second-order valence-electron chi connectivity index (χ2n) is 5.13. The Morgan fingerprint density at radius 1 is 1.43 bits per heavy atom. The van der Waals surface area contributed by atoms with Crippen LogP contribution in [0.3, 0.4) is 0 Å². The topological polar surface area (TPSA) is 41.6 Å². The molecule has 1 saturated heterocycles. The molecule has 21 heavy (non-hydrogen) atoms. The maximum atomic E-state index is 11.9. The van der Waals surface area contributed by atoms with Gasteiger partial charge in [0.05, 0.1) is 19.3 Å². The fourth-order valence-electron chi connectivity index (χ4n) is 2.46. The third-order valence-corrected chi connectivity index (χ3v) is 4.88. The van der Waals surface area contributed by atoms with Gasteiger partial charge >= 0.3 is 0 Å².